The summed E-state index contributed by atoms with van der Waals surface area (Å²) in [6, 6.07) is 9.48. The largest absolute Gasteiger partial charge is 0.411 e. The van der Waals surface area contributed by atoms with Crippen molar-refractivity contribution in [3.05, 3.63) is 35.9 Å². The van der Waals surface area contributed by atoms with E-state index in [4.69, 9.17) is 32.5 Å². The first-order chi connectivity index (χ1) is 40.8. The van der Waals surface area contributed by atoms with Crippen LogP contribution < -0.4 is 5.32 Å². The van der Waals surface area contributed by atoms with Crippen molar-refractivity contribution in [2.24, 2.45) is 17.8 Å². The number of rotatable bonds is 28. The Balaban J connectivity index is 2.01. The Kier molecular flexibility index (Phi) is 33.7. The maximum Gasteiger partial charge on any atom is 0.253 e. The molecule has 86 heavy (non-hydrogen) atoms. The first-order valence-corrected chi connectivity index (χ1v) is 37.0. The first kappa shape index (κ1) is 74.3. The number of nitrogens with one attached hydrogen (secondary N) is 1. The lowest BCUT2D eigenvalue weighted by molar-refractivity contribution is -0.260. The predicted molar refractivity (Wildman–Crippen MR) is 355 cm³/mol. The number of ether oxygens (including phenoxy) is 5. The molecule has 1 aromatic rings. The van der Waals surface area contributed by atoms with Crippen LogP contribution in [0, 0.1) is 148 Å². The summed E-state index contributed by atoms with van der Waals surface area (Å²) in [5, 5.41) is 3.19. The minimum absolute atomic E-state index is 0.0354. The summed E-state index contributed by atoms with van der Waals surface area (Å²) in [7, 11) is -5.04. The molecule has 0 saturated carbocycles. The second kappa shape index (κ2) is 39.0. The summed E-state index contributed by atoms with van der Waals surface area (Å²) in [6.45, 7) is 37.9. The number of carbonyl (C=O) groups is 1. The summed E-state index contributed by atoms with van der Waals surface area (Å²) in [5.74, 6) is 56.9. The van der Waals surface area contributed by atoms with Gasteiger partial charge in [0, 0.05) is 29.6 Å². The van der Waals surface area contributed by atoms with Crippen molar-refractivity contribution in [3.8, 4) is 130 Å². The van der Waals surface area contributed by atoms with Gasteiger partial charge in [-0.3, -0.25) is 4.79 Å². The Hall–Kier alpha value is -6.00. The standard InChI is InChI=1S/C75H99NO8Si2/c1-18-20-22-24-26-28-30-32-33-34-35-36-37-38-39-40-42-43-45-47-52-56-66-70(82-75(12,13)81-66)71(77)76-65(59-79-72-63(5)61(3)62(4)68(80-72)60-78-58-64-54-50-49-51-55-64)69(84-86(16,17)74(9,10)11)67(83-85(14,15)73(6,7)8)57-53-48-46-44-41-31-29-27-25-23-21-19-2/h49-51,54-55,61-63,65-70,72H,19,21,23,25,27,29,31,41,44,46,48,53,57-60H2,1-17H3,(H,76,77)/t61?,62?,63?,65-,66+,67+,68?,69-,70+,72?/m0/s1. The molecule has 1 amide bonds. The van der Waals surface area contributed by atoms with E-state index < -0.39 is 59.0 Å². The van der Waals surface area contributed by atoms with E-state index in [0.29, 0.717) is 13.2 Å². The average molecular weight is 1200 g/mol. The van der Waals surface area contributed by atoms with Gasteiger partial charge in [0.05, 0.1) is 44.2 Å². The topological polar surface area (TPSA) is 93.7 Å². The number of hydrogen-bond donors (Lipinski definition) is 1. The second-order valence-corrected chi connectivity index (χ2v) is 35.4. The maximum absolute atomic E-state index is 15.2. The Morgan fingerprint density at radius 1 is 0.605 bits per heavy atom. The van der Waals surface area contributed by atoms with Crippen molar-refractivity contribution < 1.29 is 37.3 Å². The molecule has 460 valence electrons. The molecule has 2 fully saturated rings. The van der Waals surface area contributed by atoms with E-state index in [0.717, 1.165) is 31.2 Å². The van der Waals surface area contributed by atoms with Gasteiger partial charge in [-0.15, -0.1) is 0 Å². The molecule has 1 aromatic carbocycles. The van der Waals surface area contributed by atoms with Crippen molar-refractivity contribution in [3.63, 3.8) is 0 Å². The van der Waals surface area contributed by atoms with E-state index in [2.05, 4.69) is 243 Å². The Labute approximate surface area is 524 Å². The lowest BCUT2D eigenvalue weighted by atomic mass is 9.79. The molecular weight excluding hydrogens is 1100 g/mol. The third kappa shape index (κ3) is 28.2. The third-order valence-electron chi connectivity index (χ3n) is 16.6. The van der Waals surface area contributed by atoms with E-state index in [1.807, 2.05) is 18.2 Å². The normalized spacial score (nSPS) is 20.3. The zero-order chi connectivity index (χ0) is 63.5. The molecule has 2 aliphatic rings. The molecule has 0 bridgehead atoms. The van der Waals surface area contributed by atoms with Crippen molar-refractivity contribution in [1.82, 2.24) is 5.32 Å². The number of unbranched alkanes of at least 4 members (excludes halogenated alkanes) is 11. The van der Waals surface area contributed by atoms with Crippen molar-refractivity contribution in [2.45, 2.75) is 265 Å². The van der Waals surface area contributed by atoms with Crippen LogP contribution in [0.25, 0.3) is 0 Å². The fourth-order valence-corrected chi connectivity index (χ4v) is 11.9. The summed E-state index contributed by atoms with van der Waals surface area (Å²) >= 11 is 0. The van der Waals surface area contributed by atoms with Gasteiger partial charge in [-0.2, -0.15) is 0 Å². The van der Waals surface area contributed by atoms with Crippen LogP contribution >= 0.6 is 0 Å². The van der Waals surface area contributed by atoms with Crippen LogP contribution in [0.5, 0.6) is 0 Å². The van der Waals surface area contributed by atoms with Crippen LogP contribution in [0.1, 0.15) is 179 Å². The summed E-state index contributed by atoms with van der Waals surface area (Å²) in [4.78, 5) is 15.2. The lowest BCUT2D eigenvalue weighted by Gasteiger charge is -2.48. The van der Waals surface area contributed by atoms with Crippen molar-refractivity contribution >= 4 is 22.5 Å². The SMILES string of the molecule is CC#CC#CC#CC#CC#CC#CC#CC#CC#CC#CC#C[C@H]1OC(C)(C)O[C@H]1C(=O)N[C@@H](COC1OC(COCc2ccccc2)C(C)C(C)C1C)[C@H](O[Si](C)(C)C(C)(C)C)[C@@H](CCCCCCCCCCCCCC)O[Si](C)(C)C(C)(C)C. The molecule has 0 radical (unpaired) electrons. The molecule has 2 aliphatic heterocycles. The molecule has 0 aliphatic carbocycles. The summed E-state index contributed by atoms with van der Waals surface area (Å²) in [6.07, 6.45) is 11.9. The zero-order valence-corrected chi connectivity index (χ0v) is 57.2. The highest BCUT2D eigenvalue weighted by Gasteiger charge is 2.50. The quantitative estimate of drug-likeness (QED) is 0.0504. The summed E-state index contributed by atoms with van der Waals surface area (Å²) in [5.41, 5.74) is 1.10. The van der Waals surface area contributed by atoms with Crippen LogP contribution in [0.15, 0.2) is 30.3 Å². The van der Waals surface area contributed by atoms with Gasteiger partial charge >= 0.3 is 0 Å². The van der Waals surface area contributed by atoms with Gasteiger partial charge in [0.15, 0.2) is 40.9 Å². The zero-order valence-electron chi connectivity index (χ0n) is 55.2. The van der Waals surface area contributed by atoms with E-state index in [1.54, 1.807) is 20.8 Å². The number of amides is 1. The first-order valence-electron chi connectivity index (χ1n) is 31.2. The fourth-order valence-electron chi connectivity index (χ4n) is 9.17. The van der Waals surface area contributed by atoms with Gasteiger partial charge in [-0.1, -0.05) is 188 Å². The van der Waals surface area contributed by atoms with Gasteiger partial charge in [0.25, 0.3) is 5.91 Å². The van der Waals surface area contributed by atoms with Crippen LogP contribution in [0.4, 0.5) is 0 Å². The fraction of sp³-hybridized carbons (Fsp3) is 0.613. The molecule has 3 rings (SSSR count). The van der Waals surface area contributed by atoms with E-state index in [-0.39, 0.29) is 46.6 Å². The van der Waals surface area contributed by atoms with Crippen LogP contribution in [-0.2, 0) is 43.9 Å². The number of hydrogen-bond acceptors (Lipinski definition) is 8. The molecule has 11 heteroatoms. The van der Waals surface area contributed by atoms with Gasteiger partial charge in [-0.25, -0.2) is 0 Å². The van der Waals surface area contributed by atoms with Gasteiger partial charge < -0.3 is 37.9 Å². The van der Waals surface area contributed by atoms with Crippen LogP contribution in [0.3, 0.4) is 0 Å². The molecule has 2 saturated heterocycles. The van der Waals surface area contributed by atoms with Crippen LogP contribution in [-0.4, -0.2) is 84.4 Å². The molecule has 2 heterocycles. The molecule has 5 unspecified atom stereocenters. The van der Waals surface area contributed by atoms with Crippen molar-refractivity contribution in [1.29, 1.82) is 0 Å². The highest BCUT2D eigenvalue weighted by molar-refractivity contribution is 6.74. The summed E-state index contributed by atoms with van der Waals surface area (Å²) < 4.78 is 48.2. The molecule has 0 spiro atoms. The third-order valence-corrected chi connectivity index (χ3v) is 25.6. The van der Waals surface area contributed by atoms with Crippen molar-refractivity contribution in [2.75, 3.05) is 13.2 Å². The van der Waals surface area contributed by atoms with Gasteiger partial charge in [-0.05, 0) is 176 Å². The van der Waals surface area contributed by atoms with Gasteiger partial charge in [0.2, 0.25) is 0 Å². The monoisotopic (exact) mass is 1200 g/mol. The number of carbonyl (C=O) groups excluding carboxylic acids is 1. The second-order valence-electron chi connectivity index (χ2n) is 25.9. The highest BCUT2D eigenvalue weighted by atomic mass is 28.4. The Morgan fingerprint density at radius 3 is 1.53 bits per heavy atom. The van der Waals surface area contributed by atoms with Crippen LogP contribution in [0.2, 0.25) is 36.3 Å². The Morgan fingerprint density at radius 2 is 1.06 bits per heavy atom. The minimum atomic E-state index is -2.59. The number of benzene rings is 1. The maximum atomic E-state index is 15.2. The minimum Gasteiger partial charge on any atom is -0.411 e. The molecule has 10 atom stereocenters. The van der Waals surface area contributed by atoms with E-state index in [1.165, 1.54) is 57.8 Å². The van der Waals surface area contributed by atoms with E-state index in [9.17, 15) is 0 Å². The molecule has 0 aromatic heterocycles. The Bertz CT molecular complexity index is 3040. The van der Waals surface area contributed by atoms with Gasteiger partial charge in [0.1, 0.15) is 0 Å². The smallest absolute Gasteiger partial charge is 0.253 e. The van der Waals surface area contributed by atoms with E-state index >= 15 is 4.79 Å². The molecule has 9 nitrogen and oxygen atoms in total. The average Bonchev–Trinajstić information content (AvgIpc) is 1.37. The molecule has 1 N–H and O–H groups in total. The molecular formula is C75H99NO8Si2. The predicted octanol–water partition coefficient (Wildman–Crippen LogP) is 13.8. The lowest BCUT2D eigenvalue weighted by Crippen LogP contribution is -2.61. The highest BCUT2D eigenvalue weighted by Crippen LogP contribution is 2.43.